The molecule has 1 saturated carbocycles. The molecule has 0 spiro atoms. The van der Waals surface area contributed by atoms with Gasteiger partial charge in [0.1, 0.15) is 5.25 Å². The van der Waals surface area contributed by atoms with E-state index in [0.717, 1.165) is 43.2 Å². The van der Waals surface area contributed by atoms with Gasteiger partial charge in [0.15, 0.2) is 5.17 Å². The molecule has 1 saturated heterocycles. The SMILES string of the molecule is O=C1CC(C(=O)O)S/C(=N/N=C2CCCC2)N1. The van der Waals surface area contributed by atoms with Crippen LogP contribution >= 0.6 is 11.8 Å². The van der Waals surface area contributed by atoms with Crippen molar-refractivity contribution >= 4 is 34.5 Å². The molecule has 7 heteroatoms. The minimum absolute atomic E-state index is 0.0183. The van der Waals surface area contributed by atoms with Gasteiger partial charge in [0.25, 0.3) is 0 Å². The van der Waals surface area contributed by atoms with Crippen LogP contribution in [0.15, 0.2) is 10.2 Å². The molecule has 1 atom stereocenters. The van der Waals surface area contributed by atoms with Gasteiger partial charge in [0.2, 0.25) is 5.91 Å². The van der Waals surface area contributed by atoms with Gasteiger partial charge in [-0.3, -0.25) is 9.59 Å². The van der Waals surface area contributed by atoms with Crippen molar-refractivity contribution in [3.05, 3.63) is 0 Å². The third-order valence-corrected chi connectivity index (χ3v) is 3.67. The Morgan fingerprint density at radius 1 is 1.35 bits per heavy atom. The Bertz CT molecular complexity index is 398. The first-order valence-corrected chi connectivity index (χ1v) is 6.36. The molecule has 0 aromatic carbocycles. The van der Waals surface area contributed by atoms with Gasteiger partial charge in [-0.2, -0.15) is 5.10 Å². The minimum Gasteiger partial charge on any atom is -0.480 e. The van der Waals surface area contributed by atoms with Crippen LogP contribution < -0.4 is 5.32 Å². The number of rotatable bonds is 2. The van der Waals surface area contributed by atoms with Crippen molar-refractivity contribution < 1.29 is 14.7 Å². The molecular formula is C10H13N3O3S. The molecule has 1 aliphatic heterocycles. The van der Waals surface area contributed by atoms with E-state index in [2.05, 4.69) is 15.5 Å². The summed E-state index contributed by atoms with van der Waals surface area (Å²) in [5.41, 5.74) is 1.02. The van der Waals surface area contributed by atoms with E-state index in [1.165, 1.54) is 0 Å². The zero-order valence-electron chi connectivity index (χ0n) is 9.18. The van der Waals surface area contributed by atoms with Crippen LogP contribution in [0.2, 0.25) is 0 Å². The highest BCUT2D eigenvalue weighted by Gasteiger charge is 2.29. The first kappa shape index (κ1) is 12.1. The van der Waals surface area contributed by atoms with E-state index in [1.54, 1.807) is 0 Å². The number of amides is 1. The van der Waals surface area contributed by atoms with Crippen LogP contribution in [0.4, 0.5) is 0 Å². The smallest absolute Gasteiger partial charge is 0.317 e. The zero-order chi connectivity index (χ0) is 12.3. The second-order valence-corrected chi connectivity index (χ2v) is 5.17. The summed E-state index contributed by atoms with van der Waals surface area (Å²) in [7, 11) is 0. The summed E-state index contributed by atoms with van der Waals surface area (Å²) < 4.78 is 0. The Morgan fingerprint density at radius 2 is 2.06 bits per heavy atom. The summed E-state index contributed by atoms with van der Waals surface area (Å²) in [5, 5.41) is 18.9. The molecule has 1 amide bonds. The molecule has 2 aliphatic rings. The van der Waals surface area contributed by atoms with Gasteiger partial charge in [-0.05, 0) is 25.7 Å². The van der Waals surface area contributed by atoms with Crippen molar-refractivity contribution in [2.45, 2.75) is 37.4 Å². The highest BCUT2D eigenvalue weighted by molar-refractivity contribution is 8.15. The third-order valence-electron chi connectivity index (χ3n) is 2.61. The monoisotopic (exact) mass is 255 g/mol. The zero-order valence-corrected chi connectivity index (χ0v) is 10.00. The van der Waals surface area contributed by atoms with Crippen LogP contribution in [-0.4, -0.2) is 33.1 Å². The van der Waals surface area contributed by atoms with Crippen molar-refractivity contribution in [2.24, 2.45) is 10.2 Å². The van der Waals surface area contributed by atoms with Crippen LogP contribution in [0.5, 0.6) is 0 Å². The van der Waals surface area contributed by atoms with Gasteiger partial charge < -0.3 is 10.4 Å². The van der Waals surface area contributed by atoms with Gasteiger partial charge >= 0.3 is 5.97 Å². The number of nitrogens with zero attached hydrogens (tertiary/aromatic N) is 2. The predicted molar refractivity (Wildman–Crippen MR) is 65.1 cm³/mol. The number of nitrogens with one attached hydrogen (secondary N) is 1. The van der Waals surface area contributed by atoms with Crippen molar-refractivity contribution in [2.75, 3.05) is 0 Å². The number of carboxylic acid groups (broad SMARTS) is 1. The Kier molecular flexibility index (Phi) is 3.78. The Labute approximate surface area is 103 Å². The van der Waals surface area contributed by atoms with E-state index >= 15 is 0 Å². The average Bonchev–Trinajstić information content (AvgIpc) is 2.78. The number of hydrogen-bond acceptors (Lipinski definition) is 5. The maximum atomic E-state index is 11.3. The van der Waals surface area contributed by atoms with Gasteiger partial charge in [0.05, 0.1) is 0 Å². The lowest BCUT2D eigenvalue weighted by molar-refractivity contribution is -0.138. The third kappa shape index (κ3) is 3.29. The Morgan fingerprint density at radius 3 is 2.71 bits per heavy atom. The number of aliphatic carboxylic acids is 1. The quantitative estimate of drug-likeness (QED) is 0.719. The Balaban J connectivity index is 2.04. The van der Waals surface area contributed by atoms with Crippen LogP contribution in [0.1, 0.15) is 32.1 Å². The molecule has 2 fully saturated rings. The number of hydrogen-bond donors (Lipinski definition) is 2. The standard InChI is InChI=1S/C10H13N3O3S/c14-8-5-7(9(15)16)17-10(11-8)13-12-6-3-1-2-4-6/h7H,1-5H2,(H,15,16)(H,11,13,14). The lowest BCUT2D eigenvalue weighted by Crippen LogP contribution is -2.40. The summed E-state index contributed by atoms with van der Waals surface area (Å²) in [6, 6.07) is 0. The summed E-state index contributed by atoms with van der Waals surface area (Å²) in [5.74, 6) is -1.31. The molecule has 1 aliphatic carbocycles. The molecule has 92 valence electrons. The summed E-state index contributed by atoms with van der Waals surface area (Å²) in [6.07, 6.45) is 4.12. The summed E-state index contributed by atoms with van der Waals surface area (Å²) >= 11 is 1.04. The van der Waals surface area contributed by atoms with Crippen molar-refractivity contribution in [1.29, 1.82) is 0 Å². The topological polar surface area (TPSA) is 91.1 Å². The number of thioether (sulfide) groups is 1. The fourth-order valence-corrected chi connectivity index (χ4v) is 2.60. The molecule has 1 unspecified atom stereocenters. The average molecular weight is 255 g/mol. The first-order chi connectivity index (χ1) is 8.15. The maximum absolute atomic E-state index is 11.3. The minimum atomic E-state index is -0.994. The van der Waals surface area contributed by atoms with Crippen molar-refractivity contribution in [1.82, 2.24) is 5.32 Å². The molecule has 6 nitrogen and oxygen atoms in total. The van der Waals surface area contributed by atoms with Crippen LogP contribution in [0, 0.1) is 0 Å². The molecular weight excluding hydrogens is 242 g/mol. The van der Waals surface area contributed by atoms with Crippen molar-refractivity contribution in [3.8, 4) is 0 Å². The van der Waals surface area contributed by atoms with E-state index in [1.807, 2.05) is 0 Å². The fraction of sp³-hybridized carbons (Fsp3) is 0.600. The van der Waals surface area contributed by atoms with Crippen molar-refractivity contribution in [3.63, 3.8) is 0 Å². The van der Waals surface area contributed by atoms with Crippen LogP contribution in [0.3, 0.4) is 0 Å². The van der Waals surface area contributed by atoms with E-state index < -0.39 is 11.2 Å². The van der Waals surface area contributed by atoms with Gasteiger partial charge in [-0.1, -0.05) is 11.8 Å². The molecule has 1 heterocycles. The second-order valence-electron chi connectivity index (χ2n) is 3.98. The molecule has 2 rings (SSSR count). The molecule has 0 radical (unpaired) electrons. The van der Waals surface area contributed by atoms with E-state index in [4.69, 9.17) is 5.11 Å². The van der Waals surface area contributed by atoms with E-state index in [9.17, 15) is 9.59 Å². The van der Waals surface area contributed by atoms with Crippen LogP contribution in [-0.2, 0) is 9.59 Å². The maximum Gasteiger partial charge on any atom is 0.317 e. The fourth-order valence-electron chi connectivity index (χ4n) is 1.73. The molecule has 2 N–H and O–H groups in total. The number of carbonyl (C=O) groups is 2. The normalized spacial score (nSPS) is 27.1. The summed E-state index contributed by atoms with van der Waals surface area (Å²) in [4.78, 5) is 22.1. The molecule has 0 bridgehead atoms. The molecule has 0 aromatic heterocycles. The molecule has 0 aromatic rings. The first-order valence-electron chi connectivity index (χ1n) is 5.48. The second kappa shape index (κ2) is 5.31. The van der Waals surface area contributed by atoms with Crippen LogP contribution in [0.25, 0.3) is 0 Å². The predicted octanol–water partition coefficient (Wildman–Crippen LogP) is 0.979. The van der Waals surface area contributed by atoms with Gasteiger partial charge in [0, 0.05) is 12.1 Å². The van der Waals surface area contributed by atoms with E-state index in [-0.39, 0.29) is 17.5 Å². The van der Waals surface area contributed by atoms with Gasteiger partial charge in [-0.25, -0.2) is 0 Å². The summed E-state index contributed by atoms with van der Waals surface area (Å²) in [6.45, 7) is 0. The Hall–Kier alpha value is -1.37. The van der Waals surface area contributed by atoms with Gasteiger partial charge in [-0.15, -0.1) is 5.10 Å². The lowest BCUT2D eigenvalue weighted by atomic mass is 10.3. The highest BCUT2D eigenvalue weighted by Crippen LogP contribution is 2.21. The largest absolute Gasteiger partial charge is 0.480 e. The number of carbonyl (C=O) groups excluding carboxylic acids is 1. The number of amidine groups is 1. The van der Waals surface area contributed by atoms with E-state index in [0.29, 0.717) is 0 Å². The number of carboxylic acids is 1. The molecule has 17 heavy (non-hydrogen) atoms. The lowest BCUT2D eigenvalue weighted by Gasteiger charge is -2.18. The highest BCUT2D eigenvalue weighted by atomic mass is 32.2.